The molecule has 0 aromatic heterocycles. The standard InChI is InChI=1S/C14H22N2O3/c1-4-16(2)13-7-5-6-12(10-13)15-14(17)11-19-9-8-18-3/h5-7,10H,4,8-9,11H2,1-3H3,(H,15,17). The normalized spacial score (nSPS) is 10.3. The molecule has 0 aliphatic heterocycles. The second-order valence-electron chi connectivity index (χ2n) is 4.16. The van der Waals surface area contributed by atoms with Gasteiger partial charge in [-0.3, -0.25) is 4.79 Å². The zero-order chi connectivity index (χ0) is 14.1. The first-order valence-corrected chi connectivity index (χ1v) is 6.35. The van der Waals surface area contributed by atoms with E-state index in [0.29, 0.717) is 13.2 Å². The van der Waals surface area contributed by atoms with E-state index in [1.54, 1.807) is 7.11 Å². The molecule has 1 amide bonds. The van der Waals surface area contributed by atoms with E-state index < -0.39 is 0 Å². The molecule has 1 aromatic carbocycles. The van der Waals surface area contributed by atoms with E-state index in [4.69, 9.17) is 9.47 Å². The molecule has 0 saturated heterocycles. The van der Waals surface area contributed by atoms with Gasteiger partial charge in [-0.1, -0.05) is 6.07 Å². The Hall–Kier alpha value is -1.59. The molecule has 0 atom stereocenters. The molecule has 0 bridgehead atoms. The van der Waals surface area contributed by atoms with Crippen LogP contribution in [-0.4, -0.2) is 46.4 Å². The third-order valence-corrected chi connectivity index (χ3v) is 2.71. The van der Waals surface area contributed by atoms with Gasteiger partial charge in [0.2, 0.25) is 5.91 Å². The monoisotopic (exact) mass is 266 g/mol. The molecule has 0 aliphatic rings. The predicted molar refractivity (Wildman–Crippen MR) is 76.7 cm³/mol. The van der Waals surface area contributed by atoms with Gasteiger partial charge in [0.05, 0.1) is 13.2 Å². The number of rotatable bonds is 8. The molecular weight excluding hydrogens is 244 g/mol. The average Bonchev–Trinajstić information content (AvgIpc) is 2.43. The Labute approximate surface area is 114 Å². The molecule has 1 aromatic rings. The summed E-state index contributed by atoms with van der Waals surface area (Å²) in [6.07, 6.45) is 0. The molecular formula is C14H22N2O3. The van der Waals surface area contributed by atoms with Crippen LogP contribution in [0.1, 0.15) is 6.92 Å². The smallest absolute Gasteiger partial charge is 0.250 e. The topological polar surface area (TPSA) is 50.8 Å². The van der Waals surface area contributed by atoms with E-state index in [1.165, 1.54) is 0 Å². The highest BCUT2D eigenvalue weighted by Gasteiger charge is 2.04. The quantitative estimate of drug-likeness (QED) is 0.728. The van der Waals surface area contributed by atoms with Gasteiger partial charge in [0, 0.05) is 32.1 Å². The van der Waals surface area contributed by atoms with Crippen molar-refractivity contribution < 1.29 is 14.3 Å². The number of amides is 1. The van der Waals surface area contributed by atoms with Gasteiger partial charge in [0.1, 0.15) is 6.61 Å². The summed E-state index contributed by atoms with van der Waals surface area (Å²) in [4.78, 5) is 13.7. The van der Waals surface area contributed by atoms with Crippen LogP contribution in [0.15, 0.2) is 24.3 Å². The van der Waals surface area contributed by atoms with Gasteiger partial charge in [-0.2, -0.15) is 0 Å². The van der Waals surface area contributed by atoms with E-state index in [2.05, 4.69) is 17.1 Å². The molecule has 19 heavy (non-hydrogen) atoms. The molecule has 0 unspecified atom stereocenters. The minimum atomic E-state index is -0.160. The molecule has 0 radical (unpaired) electrons. The lowest BCUT2D eigenvalue weighted by Crippen LogP contribution is -2.20. The summed E-state index contributed by atoms with van der Waals surface area (Å²) in [5.74, 6) is -0.160. The Morgan fingerprint density at radius 2 is 2.16 bits per heavy atom. The summed E-state index contributed by atoms with van der Waals surface area (Å²) >= 11 is 0. The summed E-state index contributed by atoms with van der Waals surface area (Å²) in [6, 6.07) is 7.73. The zero-order valence-electron chi connectivity index (χ0n) is 11.8. The third-order valence-electron chi connectivity index (χ3n) is 2.71. The summed E-state index contributed by atoms with van der Waals surface area (Å²) < 4.78 is 9.99. The van der Waals surface area contributed by atoms with Crippen molar-refractivity contribution in [1.29, 1.82) is 0 Å². The van der Waals surface area contributed by atoms with Crippen molar-refractivity contribution in [3.63, 3.8) is 0 Å². The number of nitrogens with one attached hydrogen (secondary N) is 1. The van der Waals surface area contributed by atoms with E-state index in [9.17, 15) is 4.79 Å². The Kier molecular flexibility index (Phi) is 6.92. The first-order chi connectivity index (χ1) is 9.17. The fraction of sp³-hybridized carbons (Fsp3) is 0.500. The lowest BCUT2D eigenvalue weighted by molar-refractivity contribution is -0.121. The number of hydrogen-bond acceptors (Lipinski definition) is 4. The fourth-order valence-electron chi connectivity index (χ4n) is 1.51. The highest BCUT2D eigenvalue weighted by atomic mass is 16.5. The second kappa shape index (κ2) is 8.50. The molecule has 0 heterocycles. The van der Waals surface area contributed by atoms with Crippen LogP contribution < -0.4 is 10.2 Å². The SMILES string of the molecule is CCN(C)c1cccc(NC(=O)COCCOC)c1. The van der Waals surface area contributed by atoms with E-state index >= 15 is 0 Å². The van der Waals surface area contributed by atoms with E-state index in [0.717, 1.165) is 17.9 Å². The Morgan fingerprint density at radius 1 is 1.37 bits per heavy atom. The van der Waals surface area contributed by atoms with Gasteiger partial charge in [0.15, 0.2) is 0 Å². The number of benzene rings is 1. The van der Waals surface area contributed by atoms with Crippen molar-refractivity contribution in [3.8, 4) is 0 Å². The molecule has 0 saturated carbocycles. The summed E-state index contributed by atoms with van der Waals surface area (Å²) in [6.45, 7) is 3.94. The van der Waals surface area contributed by atoms with E-state index in [-0.39, 0.29) is 12.5 Å². The van der Waals surface area contributed by atoms with Crippen molar-refractivity contribution in [2.75, 3.05) is 50.7 Å². The minimum absolute atomic E-state index is 0.0389. The largest absolute Gasteiger partial charge is 0.382 e. The van der Waals surface area contributed by atoms with Crippen molar-refractivity contribution in [3.05, 3.63) is 24.3 Å². The molecule has 106 valence electrons. The third kappa shape index (κ3) is 5.72. The number of nitrogens with zero attached hydrogens (tertiary/aromatic N) is 1. The molecule has 0 aliphatic carbocycles. The van der Waals surface area contributed by atoms with Crippen LogP contribution in [0.3, 0.4) is 0 Å². The van der Waals surface area contributed by atoms with Crippen LogP contribution in [0.5, 0.6) is 0 Å². The molecule has 5 heteroatoms. The van der Waals surface area contributed by atoms with Crippen LogP contribution in [0.2, 0.25) is 0 Å². The molecule has 0 spiro atoms. The summed E-state index contributed by atoms with van der Waals surface area (Å²) in [5, 5.41) is 2.81. The minimum Gasteiger partial charge on any atom is -0.382 e. The lowest BCUT2D eigenvalue weighted by atomic mass is 10.2. The van der Waals surface area contributed by atoms with Crippen LogP contribution in [0, 0.1) is 0 Å². The van der Waals surface area contributed by atoms with Gasteiger partial charge in [-0.25, -0.2) is 0 Å². The lowest BCUT2D eigenvalue weighted by Gasteiger charge is -2.17. The van der Waals surface area contributed by atoms with Crippen molar-refractivity contribution in [2.24, 2.45) is 0 Å². The van der Waals surface area contributed by atoms with Gasteiger partial charge in [-0.15, -0.1) is 0 Å². The van der Waals surface area contributed by atoms with Crippen molar-refractivity contribution in [1.82, 2.24) is 0 Å². The number of hydrogen-bond donors (Lipinski definition) is 1. The number of carbonyl (C=O) groups is 1. The first-order valence-electron chi connectivity index (χ1n) is 6.35. The molecule has 5 nitrogen and oxygen atoms in total. The Bertz CT molecular complexity index is 396. The maximum absolute atomic E-state index is 11.6. The predicted octanol–water partition coefficient (Wildman–Crippen LogP) is 1.74. The molecule has 1 N–H and O–H groups in total. The van der Waals surface area contributed by atoms with Gasteiger partial charge in [0.25, 0.3) is 0 Å². The highest BCUT2D eigenvalue weighted by molar-refractivity contribution is 5.92. The Morgan fingerprint density at radius 3 is 2.84 bits per heavy atom. The van der Waals surface area contributed by atoms with E-state index in [1.807, 2.05) is 31.3 Å². The van der Waals surface area contributed by atoms with Crippen LogP contribution in [0.4, 0.5) is 11.4 Å². The first kappa shape index (κ1) is 15.5. The van der Waals surface area contributed by atoms with Crippen molar-refractivity contribution in [2.45, 2.75) is 6.92 Å². The average molecular weight is 266 g/mol. The Balaban J connectivity index is 2.45. The maximum Gasteiger partial charge on any atom is 0.250 e. The van der Waals surface area contributed by atoms with Gasteiger partial charge >= 0.3 is 0 Å². The molecule has 0 fully saturated rings. The number of ether oxygens (including phenoxy) is 2. The number of carbonyl (C=O) groups excluding carboxylic acids is 1. The van der Waals surface area contributed by atoms with Crippen LogP contribution >= 0.6 is 0 Å². The van der Waals surface area contributed by atoms with Crippen LogP contribution in [-0.2, 0) is 14.3 Å². The second-order valence-corrected chi connectivity index (χ2v) is 4.16. The maximum atomic E-state index is 11.6. The number of methoxy groups -OCH3 is 1. The summed E-state index contributed by atoms with van der Waals surface area (Å²) in [7, 11) is 3.61. The molecule has 1 rings (SSSR count). The van der Waals surface area contributed by atoms with Crippen molar-refractivity contribution >= 4 is 17.3 Å². The number of anilines is 2. The van der Waals surface area contributed by atoms with Gasteiger partial charge in [-0.05, 0) is 25.1 Å². The highest BCUT2D eigenvalue weighted by Crippen LogP contribution is 2.17. The van der Waals surface area contributed by atoms with Crippen LogP contribution in [0.25, 0.3) is 0 Å². The summed E-state index contributed by atoms with van der Waals surface area (Å²) in [5.41, 5.74) is 1.85. The zero-order valence-corrected chi connectivity index (χ0v) is 11.8. The fourth-order valence-corrected chi connectivity index (χ4v) is 1.51. The van der Waals surface area contributed by atoms with Gasteiger partial charge < -0.3 is 19.7 Å².